The Hall–Kier alpha value is -2.02. The number of ketones is 1. The van der Waals surface area contributed by atoms with Crippen molar-refractivity contribution in [2.45, 2.75) is 20.8 Å². The van der Waals surface area contributed by atoms with Crippen molar-refractivity contribution in [2.75, 3.05) is 0 Å². The summed E-state index contributed by atoms with van der Waals surface area (Å²) in [4.78, 5) is 21.9. The number of carbonyl (C=O) groups excluding carboxylic acids is 1. The van der Waals surface area contributed by atoms with Gasteiger partial charge in [0.2, 0.25) is 0 Å². The van der Waals surface area contributed by atoms with E-state index in [1.165, 1.54) is 19.1 Å². The maximum absolute atomic E-state index is 11.4. The molecule has 0 bridgehead atoms. The van der Waals surface area contributed by atoms with Gasteiger partial charge in [0.1, 0.15) is 0 Å². The van der Waals surface area contributed by atoms with Crippen molar-refractivity contribution in [2.24, 2.45) is 0 Å². The van der Waals surface area contributed by atoms with E-state index >= 15 is 0 Å². The Morgan fingerprint density at radius 1 is 1.40 bits per heavy atom. The third-order valence-electron chi connectivity index (χ3n) is 3.00. The number of hydrogen-bond donors (Lipinski definition) is 0. The first kappa shape index (κ1) is 14.4. The molecule has 0 saturated carbocycles. The van der Waals surface area contributed by atoms with Gasteiger partial charge in [-0.05, 0) is 48.8 Å². The number of aromatic nitrogens is 2. The molecule has 0 fully saturated rings. The molecule has 0 saturated heterocycles. The highest BCUT2D eigenvalue weighted by Gasteiger charge is 2.20. The third-order valence-corrected chi connectivity index (χ3v) is 4.15. The number of benzene rings is 1. The molecule has 6 nitrogen and oxygen atoms in total. The summed E-state index contributed by atoms with van der Waals surface area (Å²) in [5.74, 6) is -0.335. The molecule has 2 aromatic rings. The fraction of sp³-hybridized carbons (Fsp3) is 0.231. The number of rotatable bonds is 3. The zero-order valence-electron chi connectivity index (χ0n) is 11.2. The van der Waals surface area contributed by atoms with Crippen LogP contribution in [0.25, 0.3) is 5.69 Å². The number of Topliss-reactive ketones (excluding diaryl/α,β-unsaturated/α-hetero) is 1. The number of nitro benzene ring substituents is 1. The first-order valence-corrected chi connectivity index (χ1v) is 6.63. The lowest BCUT2D eigenvalue weighted by atomic mass is 10.1. The largest absolute Gasteiger partial charge is 0.294 e. The van der Waals surface area contributed by atoms with Gasteiger partial charge in [0.05, 0.1) is 32.0 Å². The minimum Gasteiger partial charge on any atom is -0.294 e. The fourth-order valence-corrected chi connectivity index (χ4v) is 2.22. The van der Waals surface area contributed by atoms with Gasteiger partial charge in [0, 0.05) is 6.07 Å². The lowest BCUT2D eigenvalue weighted by Gasteiger charge is -2.06. The van der Waals surface area contributed by atoms with Crippen LogP contribution in [0.4, 0.5) is 5.69 Å². The number of halogens is 1. The molecule has 1 heterocycles. The zero-order chi connectivity index (χ0) is 15.0. The summed E-state index contributed by atoms with van der Waals surface area (Å²) in [7, 11) is 0. The van der Waals surface area contributed by atoms with Crippen molar-refractivity contribution in [1.82, 2.24) is 9.78 Å². The van der Waals surface area contributed by atoms with Gasteiger partial charge in [0.25, 0.3) is 5.69 Å². The van der Waals surface area contributed by atoms with Gasteiger partial charge >= 0.3 is 0 Å². The van der Waals surface area contributed by atoms with Crippen molar-refractivity contribution in [1.29, 1.82) is 0 Å². The Bertz CT molecular complexity index is 722. The van der Waals surface area contributed by atoms with Crippen LogP contribution < -0.4 is 0 Å². The molecule has 7 heteroatoms. The van der Waals surface area contributed by atoms with Crippen molar-refractivity contribution in [3.05, 3.63) is 49.7 Å². The Morgan fingerprint density at radius 3 is 2.50 bits per heavy atom. The summed E-state index contributed by atoms with van der Waals surface area (Å²) >= 11 is 3.41. The number of nitro groups is 1. The summed E-state index contributed by atoms with van der Waals surface area (Å²) in [6.07, 6.45) is 0. The molecule has 104 valence electrons. The van der Waals surface area contributed by atoms with Gasteiger partial charge in [-0.2, -0.15) is 5.10 Å². The summed E-state index contributed by atoms with van der Waals surface area (Å²) in [5.41, 5.74) is 2.07. The average Bonchev–Trinajstić information content (AvgIpc) is 2.65. The predicted octanol–water partition coefficient (Wildman–Crippen LogP) is 3.36. The second-order valence-corrected chi connectivity index (χ2v) is 5.20. The number of carbonyl (C=O) groups is 1. The third kappa shape index (κ3) is 2.36. The van der Waals surface area contributed by atoms with Gasteiger partial charge < -0.3 is 0 Å². The second-order valence-electron chi connectivity index (χ2n) is 4.41. The van der Waals surface area contributed by atoms with E-state index in [-0.39, 0.29) is 17.0 Å². The van der Waals surface area contributed by atoms with Gasteiger partial charge in [-0.1, -0.05) is 0 Å². The quantitative estimate of drug-likeness (QED) is 0.488. The number of nitrogens with zero attached hydrogens (tertiary/aromatic N) is 3. The van der Waals surface area contributed by atoms with Crippen LogP contribution in [0.5, 0.6) is 0 Å². The lowest BCUT2D eigenvalue weighted by Crippen LogP contribution is -2.04. The Morgan fingerprint density at radius 2 is 2.05 bits per heavy atom. The van der Waals surface area contributed by atoms with Crippen molar-refractivity contribution in [3.8, 4) is 5.69 Å². The summed E-state index contributed by atoms with van der Waals surface area (Å²) in [5, 5.41) is 15.4. The smallest absolute Gasteiger partial charge is 0.282 e. The normalized spacial score (nSPS) is 10.6. The minimum absolute atomic E-state index is 0.0966. The maximum atomic E-state index is 11.4. The molecule has 0 radical (unpaired) electrons. The van der Waals surface area contributed by atoms with Crippen molar-refractivity contribution in [3.63, 3.8) is 0 Å². The van der Waals surface area contributed by atoms with Crippen molar-refractivity contribution >= 4 is 27.4 Å². The van der Waals surface area contributed by atoms with Gasteiger partial charge in [0.15, 0.2) is 5.78 Å². The van der Waals surface area contributed by atoms with Gasteiger partial charge in [-0.25, -0.2) is 4.68 Å². The standard InChI is InChI=1S/C13H12BrN3O3/c1-7-13(14)8(2)16(15-7)10-4-5-11(9(3)18)12(6-10)17(19)20/h4-6H,1-3H3. The summed E-state index contributed by atoms with van der Waals surface area (Å²) in [6.45, 7) is 5.00. The van der Waals surface area contributed by atoms with E-state index in [2.05, 4.69) is 21.0 Å². The SMILES string of the molecule is CC(=O)c1ccc(-n2nc(C)c(Br)c2C)cc1[N+](=O)[O-]. The Kier molecular flexibility index (Phi) is 3.71. The van der Waals surface area contributed by atoms with Crippen LogP contribution in [0.2, 0.25) is 0 Å². The topological polar surface area (TPSA) is 78.0 Å². The Balaban J connectivity index is 2.65. The molecule has 0 aliphatic heterocycles. The molecule has 0 aliphatic carbocycles. The van der Waals surface area contributed by atoms with Crippen LogP contribution in [-0.4, -0.2) is 20.5 Å². The van der Waals surface area contributed by atoms with E-state index in [0.29, 0.717) is 5.69 Å². The summed E-state index contributed by atoms with van der Waals surface area (Å²) in [6, 6.07) is 4.47. The van der Waals surface area contributed by atoms with Crippen LogP contribution in [-0.2, 0) is 0 Å². The molecule has 0 aliphatic rings. The van der Waals surface area contributed by atoms with Crippen molar-refractivity contribution < 1.29 is 9.72 Å². The first-order valence-electron chi connectivity index (χ1n) is 5.84. The molecule has 0 N–H and O–H groups in total. The van der Waals surface area contributed by atoms with E-state index in [4.69, 9.17) is 0 Å². The van der Waals surface area contributed by atoms with Crippen LogP contribution >= 0.6 is 15.9 Å². The molecule has 0 unspecified atom stereocenters. The van der Waals surface area contributed by atoms with E-state index in [9.17, 15) is 14.9 Å². The van der Waals surface area contributed by atoms with Crippen LogP contribution in [0.3, 0.4) is 0 Å². The molecular weight excluding hydrogens is 326 g/mol. The highest BCUT2D eigenvalue weighted by molar-refractivity contribution is 9.10. The van der Waals surface area contributed by atoms with Gasteiger partial charge in [-0.15, -0.1) is 0 Å². The van der Waals surface area contributed by atoms with Crippen LogP contribution in [0.15, 0.2) is 22.7 Å². The van der Waals surface area contributed by atoms with E-state index in [0.717, 1.165) is 15.9 Å². The van der Waals surface area contributed by atoms with E-state index in [1.54, 1.807) is 10.7 Å². The first-order chi connectivity index (χ1) is 9.32. The minimum atomic E-state index is -0.555. The van der Waals surface area contributed by atoms with Crippen LogP contribution in [0.1, 0.15) is 28.7 Å². The van der Waals surface area contributed by atoms with E-state index < -0.39 is 4.92 Å². The highest BCUT2D eigenvalue weighted by atomic mass is 79.9. The molecule has 0 atom stereocenters. The lowest BCUT2D eigenvalue weighted by molar-refractivity contribution is -0.385. The summed E-state index contributed by atoms with van der Waals surface area (Å²) < 4.78 is 2.46. The molecule has 0 spiro atoms. The van der Waals surface area contributed by atoms with E-state index in [1.807, 2.05) is 13.8 Å². The van der Waals surface area contributed by atoms with Crippen LogP contribution in [0, 0.1) is 24.0 Å². The molecule has 2 rings (SSSR count). The molecule has 20 heavy (non-hydrogen) atoms. The molecular formula is C13H12BrN3O3. The average molecular weight is 338 g/mol. The monoisotopic (exact) mass is 337 g/mol. The molecule has 1 aromatic carbocycles. The maximum Gasteiger partial charge on any atom is 0.282 e. The predicted molar refractivity (Wildman–Crippen MR) is 77.4 cm³/mol. The Labute approximate surface area is 123 Å². The number of hydrogen-bond acceptors (Lipinski definition) is 4. The highest BCUT2D eigenvalue weighted by Crippen LogP contribution is 2.27. The molecule has 0 amide bonds. The van der Waals surface area contributed by atoms with Gasteiger partial charge in [-0.3, -0.25) is 14.9 Å². The zero-order valence-corrected chi connectivity index (χ0v) is 12.8. The second kappa shape index (κ2) is 5.16. The molecule has 1 aromatic heterocycles. The fourth-order valence-electron chi connectivity index (χ4n) is 1.98. The number of aryl methyl sites for hydroxylation is 1.